The van der Waals surface area contributed by atoms with Gasteiger partial charge in [-0.3, -0.25) is 0 Å². The van der Waals surface area contributed by atoms with E-state index in [1.165, 1.54) is 57.8 Å². The van der Waals surface area contributed by atoms with Gasteiger partial charge in [-0.2, -0.15) is 0 Å². The van der Waals surface area contributed by atoms with Crippen LogP contribution >= 0.6 is 0 Å². The molecule has 1 N–H and O–H groups in total. The van der Waals surface area contributed by atoms with Crippen LogP contribution in [0.4, 0.5) is 0 Å². The highest BCUT2D eigenvalue weighted by molar-refractivity contribution is 4.94. The van der Waals surface area contributed by atoms with E-state index < -0.39 is 0 Å². The van der Waals surface area contributed by atoms with Gasteiger partial charge in [0, 0.05) is 6.61 Å². The monoisotopic (exact) mass is 326 g/mol. The van der Waals surface area contributed by atoms with Gasteiger partial charge in [0.2, 0.25) is 0 Å². The van der Waals surface area contributed by atoms with E-state index in [9.17, 15) is 0 Å². The largest absolute Gasteiger partial charge is 0.397 e. The van der Waals surface area contributed by atoms with Crippen molar-refractivity contribution in [3.8, 4) is 0 Å². The zero-order valence-electron chi connectivity index (χ0n) is 17.3. The Morgan fingerprint density at radius 3 is 1.61 bits per heavy atom. The first-order valence-electron chi connectivity index (χ1n) is 10.1. The van der Waals surface area contributed by atoms with Gasteiger partial charge in [-0.15, -0.1) is 0 Å². The van der Waals surface area contributed by atoms with Crippen molar-refractivity contribution in [3.63, 3.8) is 0 Å². The van der Waals surface area contributed by atoms with Crippen molar-refractivity contribution < 1.29 is 5.11 Å². The fraction of sp³-hybridized carbons (Fsp3) is 0.909. The third kappa shape index (κ3) is 21.7. The lowest BCUT2D eigenvalue weighted by Crippen LogP contribution is -2.00. The summed E-state index contributed by atoms with van der Waals surface area (Å²) in [5.41, 5.74) is 1.55. The third-order valence-electron chi connectivity index (χ3n) is 4.63. The van der Waals surface area contributed by atoms with Crippen molar-refractivity contribution in [2.24, 2.45) is 17.8 Å². The van der Waals surface area contributed by atoms with E-state index in [0.29, 0.717) is 0 Å². The number of aliphatic hydroxyl groups is 1. The van der Waals surface area contributed by atoms with Crippen LogP contribution in [0.3, 0.4) is 0 Å². The highest BCUT2D eigenvalue weighted by Gasteiger charge is 2.06. The van der Waals surface area contributed by atoms with Gasteiger partial charge in [0.15, 0.2) is 0 Å². The zero-order valence-corrected chi connectivity index (χ0v) is 17.3. The molecule has 0 aromatic carbocycles. The van der Waals surface area contributed by atoms with Crippen LogP contribution < -0.4 is 0 Å². The molecule has 0 aromatic heterocycles. The number of hydrogen-bond acceptors (Lipinski definition) is 1. The summed E-state index contributed by atoms with van der Waals surface area (Å²) in [5, 5.41) is 7.57. The zero-order chi connectivity index (χ0) is 18.1. The summed E-state index contributed by atoms with van der Waals surface area (Å²) in [5.74, 6) is 2.73. The van der Waals surface area contributed by atoms with Crippen molar-refractivity contribution in [2.45, 2.75) is 106 Å². The standard InChI is InChI=1S/C20H40.C2H6O/c1-7-18(4)12-9-14-20(6)16-10-15-19(5)13-8-11-17(2)3;1-2-3/h7,17,19-20H,8-16H2,1-6H3;3H,2H2,1H3. The molecule has 0 radical (unpaired) electrons. The SMILES string of the molecule is CC=C(C)CCCC(C)CCCC(C)CCCC(C)C.CCO. The molecule has 0 fully saturated rings. The van der Waals surface area contributed by atoms with E-state index in [1.807, 2.05) is 0 Å². The average Bonchev–Trinajstić information content (AvgIpc) is 2.47. The van der Waals surface area contributed by atoms with Crippen molar-refractivity contribution in [2.75, 3.05) is 6.61 Å². The third-order valence-corrected chi connectivity index (χ3v) is 4.63. The van der Waals surface area contributed by atoms with Gasteiger partial charge in [-0.05, 0) is 51.4 Å². The van der Waals surface area contributed by atoms with E-state index >= 15 is 0 Å². The van der Waals surface area contributed by atoms with E-state index in [0.717, 1.165) is 17.8 Å². The summed E-state index contributed by atoms with van der Waals surface area (Å²) in [6.07, 6.45) is 14.9. The molecule has 0 aliphatic carbocycles. The van der Waals surface area contributed by atoms with Crippen LogP contribution in [-0.2, 0) is 0 Å². The molecule has 0 spiro atoms. The van der Waals surface area contributed by atoms with Crippen molar-refractivity contribution >= 4 is 0 Å². The molecule has 0 saturated heterocycles. The van der Waals surface area contributed by atoms with Gasteiger partial charge in [-0.25, -0.2) is 0 Å². The summed E-state index contributed by atoms with van der Waals surface area (Å²) in [6.45, 7) is 15.9. The van der Waals surface area contributed by atoms with E-state index in [-0.39, 0.29) is 6.61 Å². The van der Waals surface area contributed by atoms with Gasteiger partial charge < -0.3 is 5.11 Å². The Morgan fingerprint density at radius 2 is 1.22 bits per heavy atom. The maximum Gasteiger partial charge on any atom is 0.0402 e. The quantitative estimate of drug-likeness (QED) is 0.371. The molecule has 0 rings (SSSR count). The number of rotatable bonds is 12. The second kappa shape index (κ2) is 18.0. The molecule has 0 aliphatic heterocycles. The second-order valence-electron chi connectivity index (χ2n) is 7.81. The van der Waals surface area contributed by atoms with E-state index in [2.05, 4.69) is 47.6 Å². The first-order valence-corrected chi connectivity index (χ1v) is 10.1. The summed E-state index contributed by atoms with van der Waals surface area (Å²) in [7, 11) is 0. The lowest BCUT2D eigenvalue weighted by molar-refractivity contribution is 0.318. The van der Waals surface area contributed by atoms with Crippen LogP contribution in [-0.4, -0.2) is 11.7 Å². The molecule has 0 amide bonds. The smallest absolute Gasteiger partial charge is 0.0402 e. The minimum atomic E-state index is 0.250. The Morgan fingerprint density at radius 1 is 0.826 bits per heavy atom. The summed E-state index contributed by atoms with van der Waals surface area (Å²) >= 11 is 0. The molecular formula is C22H46O. The summed E-state index contributed by atoms with van der Waals surface area (Å²) < 4.78 is 0. The Kier molecular flexibility index (Phi) is 19.6. The van der Waals surface area contributed by atoms with Crippen LogP contribution in [0.2, 0.25) is 0 Å². The fourth-order valence-corrected chi connectivity index (χ4v) is 2.85. The molecular weight excluding hydrogens is 280 g/mol. The Bertz CT molecular complexity index is 255. The molecule has 1 heteroatoms. The molecule has 0 aromatic rings. The van der Waals surface area contributed by atoms with Crippen LogP contribution in [0.5, 0.6) is 0 Å². The minimum absolute atomic E-state index is 0.250. The molecule has 23 heavy (non-hydrogen) atoms. The normalized spacial score (nSPS) is 14.4. The Balaban J connectivity index is 0. The van der Waals surface area contributed by atoms with Gasteiger partial charge >= 0.3 is 0 Å². The maximum atomic E-state index is 7.57. The van der Waals surface area contributed by atoms with Crippen molar-refractivity contribution in [3.05, 3.63) is 11.6 Å². The van der Waals surface area contributed by atoms with Crippen LogP contribution in [0.15, 0.2) is 11.6 Å². The maximum absolute atomic E-state index is 7.57. The van der Waals surface area contributed by atoms with Gasteiger partial charge in [-0.1, -0.05) is 84.3 Å². The first kappa shape index (κ1) is 24.9. The van der Waals surface area contributed by atoms with E-state index in [4.69, 9.17) is 5.11 Å². The van der Waals surface area contributed by atoms with Gasteiger partial charge in [0.1, 0.15) is 0 Å². The predicted molar refractivity (Wildman–Crippen MR) is 107 cm³/mol. The lowest BCUT2D eigenvalue weighted by atomic mass is 9.91. The number of hydrogen-bond donors (Lipinski definition) is 1. The molecule has 2 unspecified atom stereocenters. The highest BCUT2D eigenvalue weighted by Crippen LogP contribution is 2.21. The number of allylic oxidation sites excluding steroid dienone is 2. The predicted octanol–water partition coefficient (Wildman–Crippen LogP) is 7.39. The van der Waals surface area contributed by atoms with Crippen LogP contribution in [0.1, 0.15) is 106 Å². The molecule has 0 heterocycles. The molecule has 0 bridgehead atoms. The molecule has 2 atom stereocenters. The first-order chi connectivity index (χ1) is 10.9. The lowest BCUT2D eigenvalue weighted by Gasteiger charge is -2.15. The molecule has 0 saturated carbocycles. The van der Waals surface area contributed by atoms with E-state index in [1.54, 1.807) is 12.5 Å². The molecule has 0 aliphatic rings. The van der Waals surface area contributed by atoms with Crippen molar-refractivity contribution in [1.29, 1.82) is 0 Å². The minimum Gasteiger partial charge on any atom is -0.397 e. The summed E-state index contributed by atoms with van der Waals surface area (Å²) in [6, 6.07) is 0. The topological polar surface area (TPSA) is 20.2 Å². The second-order valence-corrected chi connectivity index (χ2v) is 7.81. The Hall–Kier alpha value is -0.300. The number of aliphatic hydroxyl groups excluding tert-OH is 1. The molecule has 1 nitrogen and oxygen atoms in total. The summed E-state index contributed by atoms with van der Waals surface area (Å²) in [4.78, 5) is 0. The van der Waals surface area contributed by atoms with Gasteiger partial charge in [0.25, 0.3) is 0 Å². The van der Waals surface area contributed by atoms with Crippen molar-refractivity contribution in [1.82, 2.24) is 0 Å². The average molecular weight is 327 g/mol. The molecule has 140 valence electrons. The highest BCUT2D eigenvalue weighted by atomic mass is 16.2. The Labute approximate surface area is 148 Å². The van der Waals surface area contributed by atoms with Gasteiger partial charge in [0.05, 0.1) is 0 Å². The van der Waals surface area contributed by atoms with Crippen LogP contribution in [0.25, 0.3) is 0 Å². The van der Waals surface area contributed by atoms with Crippen LogP contribution in [0, 0.1) is 17.8 Å². The fourth-order valence-electron chi connectivity index (χ4n) is 2.85.